The van der Waals surface area contributed by atoms with Crippen LogP contribution in [0.1, 0.15) is 30.4 Å². The molecule has 3 rings (SSSR count). The Morgan fingerprint density at radius 2 is 1.42 bits per heavy atom. The van der Waals surface area contributed by atoms with Gasteiger partial charge in [0.15, 0.2) is 5.96 Å². The summed E-state index contributed by atoms with van der Waals surface area (Å²) in [6, 6.07) is 10.6. The molecule has 0 saturated carbocycles. The van der Waals surface area contributed by atoms with Gasteiger partial charge in [0.2, 0.25) is 17.7 Å². The number of H-pyrrole nitrogens is 1. The summed E-state index contributed by atoms with van der Waals surface area (Å²) in [7, 11) is 0. The number of rotatable bonds is 17. The number of carboxylic acids is 2. The van der Waals surface area contributed by atoms with Crippen molar-refractivity contribution in [1.82, 2.24) is 20.9 Å². The van der Waals surface area contributed by atoms with Crippen molar-refractivity contribution in [3.63, 3.8) is 0 Å². The second-order valence-electron chi connectivity index (χ2n) is 10.4. The minimum Gasteiger partial charge on any atom is -0.481 e. The number of hydrogen-bond acceptors (Lipinski definition) is 7. The molecule has 0 saturated heterocycles. The van der Waals surface area contributed by atoms with E-state index in [-0.39, 0.29) is 31.8 Å². The molecule has 0 aliphatic carbocycles. The minimum atomic E-state index is -1.58. The lowest BCUT2D eigenvalue weighted by Gasteiger charge is -2.25. The van der Waals surface area contributed by atoms with Crippen molar-refractivity contribution in [2.24, 2.45) is 22.2 Å². The Morgan fingerprint density at radius 3 is 2.09 bits per heavy atom. The second kappa shape index (κ2) is 16.4. The quantitative estimate of drug-likeness (QED) is 0.0521. The number of carboxylic acid groups (broad SMARTS) is 2. The Kier molecular flexibility index (Phi) is 12.4. The van der Waals surface area contributed by atoms with Crippen molar-refractivity contribution >= 4 is 46.5 Å². The third-order valence-corrected chi connectivity index (χ3v) is 6.95. The van der Waals surface area contributed by atoms with Crippen LogP contribution in [0.2, 0.25) is 0 Å². The lowest BCUT2D eigenvalue weighted by atomic mass is 10.0. The molecule has 0 aliphatic heterocycles. The molecule has 3 amide bonds. The highest BCUT2D eigenvalue weighted by molar-refractivity contribution is 5.96. The lowest BCUT2D eigenvalue weighted by Crippen LogP contribution is -2.58. The highest BCUT2D eigenvalue weighted by Crippen LogP contribution is 2.19. The molecule has 4 unspecified atom stereocenters. The maximum atomic E-state index is 13.5. The van der Waals surface area contributed by atoms with Gasteiger partial charge in [-0.05, 0) is 30.0 Å². The van der Waals surface area contributed by atoms with Crippen LogP contribution in [-0.2, 0) is 36.8 Å². The fourth-order valence-electron chi connectivity index (χ4n) is 4.64. The number of benzene rings is 2. The first-order chi connectivity index (χ1) is 21.4. The molecule has 45 heavy (non-hydrogen) atoms. The number of aliphatic carboxylic acids is 2. The van der Waals surface area contributed by atoms with Crippen LogP contribution in [0.25, 0.3) is 10.9 Å². The van der Waals surface area contributed by atoms with Crippen molar-refractivity contribution in [3.8, 4) is 0 Å². The van der Waals surface area contributed by atoms with Gasteiger partial charge in [0.05, 0.1) is 12.5 Å². The molecule has 12 N–H and O–H groups in total. The van der Waals surface area contributed by atoms with Crippen molar-refractivity contribution in [1.29, 1.82) is 0 Å². The summed E-state index contributed by atoms with van der Waals surface area (Å²) < 4.78 is 0. The number of aliphatic imine (C=N–C) groups is 1. The zero-order valence-corrected chi connectivity index (χ0v) is 24.4. The molecule has 1 aromatic heterocycles. The number of guanidine groups is 1. The maximum Gasteiger partial charge on any atom is 0.326 e. The van der Waals surface area contributed by atoms with Crippen molar-refractivity contribution in [2.75, 3.05) is 6.54 Å². The molecule has 15 heteroatoms. The summed E-state index contributed by atoms with van der Waals surface area (Å²) >= 11 is 0. The van der Waals surface area contributed by atoms with Crippen LogP contribution in [0.3, 0.4) is 0 Å². The summed E-state index contributed by atoms with van der Waals surface area (Å²) in [5, 5.41) is 27.5. The van der Waals surface area contributed by atoms with E-state index in [9.17, 15) is 34.2 Å². The van der Waals surface area contributed by atoms with Crippen LogP contribution in [0.4, 0.5) is 0 Å². The third-order valence-electron chi connectivity index (χ3n) is 6.95. The smallest absolute Gasteiger partial charge is 0.326 e. The topological polar surface area (TPSA) is 268 Å². The van der Waals surface area contributed by atoms with E-state index >= 15 is 0 Å². The van der Waals surface area contributed by atoms with Gasteiger partial charge in [0.1, 0.15) is 18.1 Å². The maximum absolute atomic E-state index is 13.5. The second-order valence-corrected chi connectivity index (χ2v) is 10.4. The molecule has 1 heterocycles. The highest BCUT2D eigenvalue weighted by Gasteiger charge is 2.32. The van der Waals surface area contributed by atoms with Gasteiger partial charge in [-0.2, -0.15) is 0 Å². The van der Waals surface area contributed by atoms with Crippen LogP contribution in [-0.4, -0.2) is 81.5 Å². The first kappa shape index (κ1) is 34.1. The van der Waals surface area contributed by atoms with Crippen LogP contribution in [0.5, 0.6) is 0 Å². The normalized spacial score (nSPS) is 13.5. The number of aromatic amines is 1. The molecule has 0 radical (unpaired) electrons. The van der Waals surface area contributed by atoms with E-state index in [0.29, 0.717) is 17.5 Å². The number of hydrogen-bond donors (Lipinski definition) is 9. The van der Waals surface area contributed by atoms with E-state index in [1.165, 1.54) is 0 Å². The summed E-state index contributed by atoms with van der Waals surface area (Å²) in [5.41, 5.74) is 18.6. The Bertz CT molecular complexity index is 1520. The Morgan fingerprint density at radius 1 is 0.800 bits per heavy atom. The molecule has 0 fully saturated rings. The average molecular weight is 623 g/mol. The first-order valence-corrected chi connectivity index (χ1v) is 14.2. The number of carbonyl (C=O) groups is 5. The third kappa shape index (κ3) is 10.7. The molecular formula is C30H38N8O7. The summed E-state index contributed by atoms with van der Waals surface area (Å²) in [6.07, 6.45) is 1.28. The first-order valence-electron chi connectivity index (χ1n) is 14.2. The SMILES string of the molecule is NC(N)=NCCCC(N)C(=O)NC(CC(=O)O)C(=O)NC(Cc1ccccc1)C(=O)NC(Cc1c[nH]c2ccccc12)C(=O)O. The molecule has 4 atom stereocenters. The molecule has 240 valence electrons. The highest BCUT2D eigenvalue weighted by atomic mass is 16.4. The molecule has 0 aliphatic rings. The predicted octanol–water partition coefficient (Wildman–Crippen LogP) is -0.652. The molecular weight excluding hydrogens is 584 g/mol. The van der Waals surface area contributed by atoms with Crippen molar-refractivity contribution in [3.05, 3.63) is 71.9 Å². The van der Waals surface area contributed by atoms with Gasteiger partial charge in [-0.1, -0.05) is 48.5 Å². The van der Waals surface area contributed by atoms with E-state index in [4.69, 9.17) is 17.2 Å². The van der Waals surface area contributed by atoms with Crippen molar-refractivity contribution in [2.45, 2.75) is 56.3 Å². The van der Waals surface area contributed by atoms with E-state index in [1.807, 2.05) is 24.3 Å². The number of nitrogens with two attached hydrogens (primary N) is 3. The van der Waals surface area contributed by atoms with Gasteiger partial charge in [0.25, 0.3) is 0 Å². The average Bonchev–Trinajstić information content (AvgIpc) is 3.40. The van der Waals surface area contributed by atoms with E-state index in [0.717, 1.165) is 10.9 Å². The Hall–Kier alpha value is -5.44. The van der Waals surface area contributed by atoms with Gasteiger partial charge < -0.3 is 48.3 Å². The number of nitrogens with zero attached hydrogens (tertiary/aromatic N) is 1. The minimum absolute atomic E-state index is 0.0458. The molecule has 0 spiro atoms. The fraction of sp³-hybridized carbons (Fsp3) is 0.333. The molecule has 3 aromatic rings. The van der Waals surface area contributed by atoms with Gasteiger partial charge >= 0.3 is 11.9 Å². The van der Waals surface area contributed by atoms with E-state index < -0.39 is 60.2 Å². The van der Waals surface area contributed by atoms with Crippen molar-refractivity contribution < 1.29 is 34.2 Å². The zero-order chi connectivity index (χ0) is 32.9. The Balaban J connectivity index is 1.76. The summed E-state index contributed by atoms with van der Waals surface area (Å²) in [5.74, 6) is -5.34. The molecule has 15 nitrogen and oxygen atoms in total. The van der Waals surface area contributed by atoms with Gasteiger partial charge in [-0.3, -0.25) is 24.2 Å². The summed E-state index contributed by atoms with van der Waals surface area (Å²) in [6.45, 7) is 0.219. The largest absolute Gasteiger partial charge is 0.481 e. The van der Waals surface area contributed by atoms with Crippen LogP contribution in [0, 0.1) is 0 Å². The number of nitrogens with one attached hydrogen (secondary N) is 4. The monoisotopic (exact) mass is 622 g/mol. The number of amides is 3. The van der Waals surface area contributed by atoms with Gasteiger partial charge in [0, 0.05) is 36.5 Å². The van der Waals surface area contributed by atoms with Crippen LogP contribution >= 0.6 is 0 Å². The zero-order valence-electron chi connectivity index (χ0n) is 24.4. The standard InChI is InChI=1S/C30H38N8O7/c31-20(10-6-12-34-30(32)33)26(41)36-23(15-25(39)40)28(43)37-22(13-17-7-2-1-3-8-17)27(42)38-24(29(44)45)14-18-16-35-21-11-5-4-9-19(18)21/h1-5,7-9,11,16,20,22-24,35H,6,10,12-15,31H2,(H,36,41)(H,37,43)(H,38,42)(H,39,40)(H,44,45)(H4,32,33,34). The summed E-state index contributed by atoms with van der Waals surface area (Å²) in [4.78, 5) is 70.2. The molecule has 0 bridgehead atoms. The van der Waals surface area contributed by atoms with E-state index in [2.05, 4.69) is 25.9 Å². The van der Waals surface area contributed by atoms with Crippen LogP contribution < -0.4 is 33.2 Å². The predicted molar refractivity (Wildman–Crippen MR) is 166 cm³/mol. The van der Waals surface area contributed by atoms with Gasteiger partial charge in [-0.25, -0.2) is 4.79 Å². The number of fused-ring (bicyclic) bond motifs is 1. The lowest BCUT2D eigenvalue weighted by molar-refractivity contribution is -0.143. The Labute approximate surface area is 258 Å². The molecule has 2 aromatic carbocycles. The number of aromatic nitrogens is 1. The van der Waals surface area contributed by atoms with Crippen LogP contribution in [0.15, 0.2) is 65.8 Å². The fourth-order valence-corrected chi connectivity index (χ4v) is 4.64. The number of carbonyl (C=O) groups excluding carboxylic acids is 3. The van der Waals surface area contributed by atoms with E-state index in [1.54, 1.807) is 36.5 Å². The van der Waals surface area contributed by atoms with Gasteiger partial charge in [-0.15, -0.1) is 0 Å². The number of para-hydroxylation sites is 1.